The number of fused-ring (bicyclic) bond motifs is 15. The molecule has 412 valence electrons. The molecule has 0 spiro atoms. The zero-order chi connectivity index (χ0) is 58.8. The molecule has 0 aliphatic rings. The average Bonchev–Trinajstić information content (AvgIpc) is 1.49. The van der Waals surface area contributed by atoms with Gasteiger partial charge in [-0.1, -0.05) is 279 Å². The number of hydrogen-bond acceptors (Lipinski definition) is 0. The Labute approximate surface area is 518 Å². The minimum atomic E-state index is 1.21. The standard InChI is InChI=1S/C90H52/c1-49-21-18-22-50(2)73(49)67-47-48-68-75(54-27-10-5-11-28-54)84-69-43-39-61-63-41-45-71-80-72(46-42-64(77(63)80)62-40-44-70(79(69)76(61)62)88(84)83-60-36-17-16-35-59(60)78(67)85(68)83)90-82(58-34-15-13-32-56(58)52-25-8-4-9-26-52)87-66-38-20-30-53-29-19-37-65(74(53)66)86(87)81(89(71)90)57-33-14-12-31-55(57)51-23-6-3-7-24-51/h3-48H,1-2H3. The monoisotopic (exact) mass is 1130 g/mol. The molecule has 0 nitrogen and oxygen atoms in total. The molecular formula is C90H52. The van der Waals surface area contributed by atoms with Gasteiger partial charge in [0.1, 0.15) is 0 Å². The first-order valence-electron chi connectivity index (χ1n) is 31.7. The first kappa shape index (κ1) is 48.6. The van der Waals surface area contributed by atoms with Gasteiger partial charge in [0.15, 0.2) is 0 Å². The van der Waals surface area contributed by atoms with E-state index in [1.54, 1.807) is 0 Å². The van der Waals surface area contributed by atoms with Gasteiger partial charge in [-0.2, -0.15) is 0 Å². The van der Waals surface area contributed by atoms with Crippen LogP contribution >= 0.6 is 0 Å². The van der Waals surface area contributed by atoms with Gasteiger partial charge < -0.3 is 0 Å². The topological polar surface area (TPSA) is 0 Å². The van der Waals surface area contributed by atoms with Crippen molar-refractivity contribution in [1.82, 2.24) is 0 Å². The summed E-state index contributed by atoms with van der Waals surface area (Å²) in [6.45, 7) is 4.55. The molecule has 0 bridgehead atoms. The first-order chi connectivity index (χ1) is 44.6. The van der Waals surface area contributed by atoms with Crippen molar-refractivity contribution < 1.29 is 0 Å². The molecule has 0 saturated carbocycles. The molecule has 0 N–H and O–H groups in total. The fourth-order valence-corrected chi connectivity index (χ4v) is 17.9. The van der Waals surface area contributed by atoms with Crippen LogP contribution < -0.4 is 0 Å². The van der Waals surface area contributed by atoms with E-state index in [4.69, 9.17) is 0 Å². The minimum Gasteiger partial charge on any atom is -0.0622 e. The van der Waals surface area contributed by atoms with Crippen molar-refractivity contribution in [3.8, 4) is 66.8 Å². The number of aryl methyl sites for hydroxylation is 2. The summed E-state index contributed by atoms with van der Waals surface area (Å²) in [6.07, 6.45) is 0. The Morgan fingerprint density at radius 1 is 0.144 bits per heavy atom. The molecular weight excluding hydrogens is 1080 g/mol. The molecule has 21 aromatic carbocycles. The van der Waals surface area contributed by atoms with Gasteiger partial charge in [0, 0.05) is 0 Å². The third-order valence-corrected chi connectivity index (χ3v) is 21.2. The van der Waals surface area contributed by atoms with Crippen LogP contribution in [0, 0.1) is 13.8 Å². The van der Waals surface area contributed by atoms with Crippen LogP contribution in [0.15, 0.2) is 279 Å². The molecule has 21 rings (SSSR count). The largest absolute Gasteiger partial charge is 0.0622 e. The summed E-state index contributed by atoms with van der Waals surface area (Å²) < 4.78 is 0. The molecule has 0 saturated heterocycles. The van der Waals surface area contributed by atoms with Gasteiger partial charge >= 0.3 is 0 Å². The van der Waals surface area contributed by atoms with Crippen LogP contribution in [0.3, 0.4) is 0 Å². The highest BCUT2D eigenvalue weighted by Gasteiger charge is 2.33. The number of hydrogen-bond donors (Lipinski definition) is 0. The molecule has 0 fully saturated rings. The maximum atomic E-state index is 2.52. The van der Waals surface area contributed by atoms with Gasteiger partial charge in [0.25, 0.3) is 0 Å². The SMILES string of the molecule is Cc1cccc(C)c1-c1ccc2c(-c3ccccc3)c3c4ccc5c6ccc7c8c(-c9ccccc9-c9ccccc9)c9c%10cccc%11cccc(c9c(-c9ccccc9-c9ccccc9)c8c8ccc(c9ccc(c4c59)c3c3c4ccccc4c1c23)c6c78)c%11%10. The van der Waals surface area contributed by atoms with E-state index in [1.165, 1.54) is 229 Å². The Morgan fingerprint density at radius 3 is 0.944 bits per heavy atom. The van der Waals surface area contributed by atoms with E-state index >= 15 is 0 Å². The van der Waals surface area contributed by atoms with Crippen LogP contribution in [0.25, 0.3) is 218 Å². The molecule has 0 unspecified atom stereocenters. The second-order valence-corrected chi connectivity index (χ2v) is 25.5. The van der Waals surface area contributed by atoms with Crippen LogP contribution in [-0.2, 0) is 0 Å². The van der Waals surface area contributed by atoms with Crippen LogP contribution in [0.5, 0.6) is 0 Å². The molecule has 0 atom stereocenters. The van der Waals surface area contributed by atoms with Crippen molar-refractivity contribution in [2.75, 3.05) is 0 Å². The Morgan fingerprint density at radius 2 is 0.456 bits per heavy atom. The van der Waals surface area contributed by atoms with Crippen molar-refractivity contribution in [2.24, 2.45) is 0 Å². The average molecular weight is 1130 g/mol. The predicted molar refractivity (Wildman–Crippen MR) is 390 cm³/mol. The molecule has 0 aromatic heterocycles. The molecule has 0 heteroatoms. The van der Waals surface area contributed by atoms with Gasteiger partial charge in [0.05, 0.1) is 0 Å². The van der Waals surface area contributed by atoms with Crippen molar-refractivity contribution in [1.29, 1.82) is 0 Å². The molecule has 21 aromatic rings. The molecule has 0 amide bonds. The summed E-state index contributed by atoms with van der Waals surface area (Å²) in [6, 6.07) is 107. The Hall–Kier alpha value is -11.4. The summed E-state index contributed by atoms with van der Waals surface area (Å²) in [4.78, 5) is 0. The summed E-state index contributed by atoms with van der Waals surface area (Å²) in [7, 11) is 0. The molecule has 0 aliphatic heterocycles. The maximum absolute atomic E-state index is 2.52. The zero-order valence-electron chi connectivity index (χ0n) is 49.6. The van der Waals surface area contributed by atoms with Crippen molar-refractivity contribution in [2.45, 2.75) is 13.8 Å². The van der Waals surface area contributed by atoms with Crippen LogP contribution in [-0.4, -0.2) is 0 Å². The summed E-state index contributed by atoms with van der Waals surface area (Å²) in [5, 5.41) is 37.0. The van der Waals surface area contributed by atoms with Gasteiger partial charge in [-0.3, -0.25) is 0 Å². The van der Waals surface area contributed by atoms with Crippen molar-refractivity contribution in [3.05, 3.63) is 290 Å². The fourth-order valence-electron chi connectivity index (χ4n) is 17.9. The van der Waals surface area contributed by atoms with E-state index in [9.17, 15) is 0 Å². The smallest absolute Gasteiger partial charge is 0.000695 e. The van der Waals surface area contributed by atoms with Crippen LogP contribution in [0.2, 0.25) is 0 Å². The summed E-state index contributed by atoms with van der Waals surface area (Å²) in [5.41, 5.74) is 17.8. The second-order valence-electron chi connectivity index (χ2n) is 25.5. The van der Waals surface area contributed by atoms with Crippen LogP contribution in [0.4, 0.5) is 0 Å². The predicted octanol–water partition coefficient (Wildman–Crippen LogP) is 25.6. The molecule has 90 heavy (non-hydrogen) atoms. The van der Waals surface area contributed by atoms with E-state index in [2.05, 4.69) is 293 Å². The molecule has 0 heterocycles. The Balaban J connectivity index is 0.951. The van der Waals surface area contributed by atoms with Crippen molar-refractivity contribution in [3.63, 3.8) is 0 Å². The fraction of sp³-hybridized carbons (Fsp3) is 0.0222. The lowest BCUT2D eigenvalue weighted by atomic mass is 9.83. The maximum Gasteiger partial charge on any atom is -0.000695 e. The van der Waals surface area contributed by atoms with E-state index in [0.717, 1.165) is 0 Å². The lowest BCUT2D eigenvalue weighted by molar-refractivity contribution is 1.39. The molecule has 0 radical (unpaired) electrons. The highest BCUT2D eigenvalue weighted by molar-refractivity contribution is 6.54. The van der Waals surface area contributed by atoms with Crippen LogP contribution in [0.1, 0.15) is 11.1 Å². The van der Waals surface area contributed by atoms with Gasteiger partial charge in [-0.05, 0) is 243 Å². The first-order valence-corrected chi connectivity index (χ1v) is 31.7. The van der Waals surface area contributed by atoms with E-state index in [0.29, 0.717) is 0 Å². The second kappa shape index (κ2) is 17.6. The lowest BCUT2D eigenvalue weighted by Gasteiger charge is -2.19. The third-order valence-electron chi connectivity index (χ3n) is 21.2. The highest BCUT2D eigenvalue weighted by atomic mass is 14.3. The van der Waals surface area contributed by atoms with E-state index in [1.807, 2.05) is 0 Å². The summed E-state index contributed by atoms with van der Waals surface area (Å²) >= 11 is 0. The summed E-state index contributed by atoms with van der Waals surface area (Å²) in [5.74, 6) is 0. The van der Waals surface area contributed by atoms with Crippen molar-refractivity contribution >= 4 is 151 Å². The molecule has 0 aliphatic carbocycles. The normalized spacial score (nSPS) is 12.6. The highest BCUT2D eigenvalue weighted by Crippen LogP contribution is 2.61. The zero-order valence-corrected chi connectivity index (χ0v) is 49.6. The van der Waals surface area contributed by atoms with Gasteiger partial charge in [-0.25, -0.2) is 0 Å². The Kier molecular flexibility index (Phi) is 9.53. The third kappa shape index (κ3) is 6.06. The quantitative estimate of drug-likeness (QED) is 0.115. The number of benzene rings is 17. The van der Waals surface area contributed by atoms with E-state index in [-0.39, 0.29) is 0 Å². The lowest BCUT2D eigenvalue weighted by Crippen LogP contribution is -1.92. The van der Waals surface area contributed by atoms with Gasteiger partial charge in [-0.15, -0.1) is 0 Å². The van der Waals surface area contributed by atoms with Gasteiger partial charge in [0.2, 0.25) is 0 Å². The number of rotatable bonds is 6. The Bertz CT molecular complexity index is 6370. The van der Waals surface area contributed by atoms with E-state index < -0.39 is 0 Å². The minimum absolute atomic E-state index is 1.21.